The molecule has 3 aliphatic rings. The lowest BCUT2D eigenvalue weighted by Gasteiger charge is -2.48. The van der Waals surface area contributed by atoms with Crippen molar-refractivity contribution in [1.29, 1.82) is 0 Å². The number of hydrogen-bond donors (Lipinski definition) is 0. The zero-order valence-corrected chi connectivity index (χ0v) is 36.0. The number of hydrogen-bond acceptors (Lipinski definition) is 2. The minimum atomic E-state index is -0.487. The summed E-state index contributed by atoms with van der Waals surface area (Å²) in [6, 6.07) is 54.7. The number of nitrogens with zero attached hydrogens (tertiary/aromatic N) is 1. The van der Waals surface area contributed by atoms with E-state index in [0.29, 0.717) is 0 Å². The molecule has 1 aliphatic carbocycles. The van der Waals surface area contributed by atoms with Gasteiger partial charge in [0.2, 0.25) is 6.71 Å². The first-order chi connectivity index (χ1) is 27.7. The van der Waals surface area contributed by atoms with E-state index in [1.54, 1.807) is 0 Å². The Hall–Kier alpha value is -5.38. The molecule has 8 aromatic rings. The zero-order valence-electron chi connectivity index (χ0n) is 35.2. The Morgan fingerprint density at radius 3 is 1.74 bits per heavy atom. The van der Waals surface area contributed by atoms with Crippen LogP contribution in [0.25, 0.3) is 31.3 Å². The van der Waals surface area contributed by atoms with Crippen molar-refractivity contribution in [2.75, 3.05) is 4.90 Å². The molecule has 11 rings (SSSR count). The first-order valence-electron chi connectivity index (χ1n) is 21.1. The standard InChI is InChI=1S/C55H50BNS/c1-52(2,3)33-22-25-36(26-23-33)57-46-32-35(54(7,8)9)30-43-50(46)56(44-28-29-48-49(51(44)57)39-18-12-15-21-47(39)58-48)45-31-34(53(4,5)6)24-27-42(45)55(43)40-19-13-10-16-37(40)38-17-11-14-20-41(38)55/h10-32H,1-9H3. The summed E-state index contributed by atoms with van der Waals surface area (Å²) in [6.07, 6.45) is 0. The molecule has 0 fully saturated rings. The van der Waals surface area contributed by atoms with Gasteiger partial charge in [-0.05, 0) is 108 Å². The lowest BCUT2D eigenvalue weighted by atomic mass is 9.29. The maximum atomic E-state index is 2.67. The minimum Gasteiger partial charge on any atom is -0.311 e. The van der Waals surface area contributed by atoms with Crippen LogP contribution in [-0.2, 0) is 21.7 Å². The molecule has 2 aliphatic heterocycles. The smallest absolute Gasteiger partial charge is 0.247 e. The number of thiophene rings is 1. The number of anilines is 3. The van der Waals surface area contributed by atoms with Crippen molar-refractivity contribution in [3.63, 3.8) is 0 Å². The van der Waals surface area contributed by atoms with E-state index in [0.717, 1.165) is 0 Å². The first-order valence-corrected chi connectivity index (χ1v) is 21.9. The first kappa shape index (κ1) is 35.8. The summed E-state index contributed by atoms with van der Waals surface area (Å²) < 4.78 is 2.67. The molecule has 3 heteroatoms. The van der Waals surface area contributed by atoms with Crippen LogP contribution < -0.4 is 21.3 Å². The van der Waals surface area contributed by atoms with E-state index in [4.69, 9.17) is 0 Å². The molecule has 284 valence electrons. The molecular formula is C55H50BNS. The third kappa shape index (κ3) is 4.77. The summed E-state index contributed by atoms with van der Waals surface area (Å²) in [6.45, 7) is 21.2. The van der Waals surface area contributed by atoms with Crippen LogP contribution in [0.3, 0.4) is 0 Å². The normalized spacial score (nSPS) is 15.1. The molecule has 0 amide bonds. The van der Waals surface area contributed by atoms with Crippen molar-refractivity contribution < 1.29 is 0 Å². The summed E-state index contributed by atoms with van der Waals surface area (Å²) in [5.41, 5.74) is 19.9. The average Bonchev–Trinajstić information content (AvgIpc) is 3.72. The van der Waals surface area contributed by atoms with Gasteiger partial charge in [0.25, 0.3) is 0 Å². The highest BCUT2D eigenvalue weighted by molar-refractivity contribution is 7.26. The van der Waals surface area contributed by atoms with E-state index in [2.05, 4.69) is 207 Å². The molecule has 0 saturated carbocycles. The van der Waals surface area contributed by atoms with E-state index in [-0.39, 0.29) is 23.0 Å². The van der Waals surface area contributed by atoms with Gasteiger partial charge in [-0.2, -0.15) is 0 Å². The second-order valence-corrected chi connectivity index (χ2v) is 21.2. The van der Waals surface area contributed by atoms with E-state index in [1.807, 2.05) is 11.3 Å². The van der Waals surface area contributed by atoms with Crippen LogP contribution in [0.5, 0.6) is 0 Å². The van der Waals surface area contributed by atoms with Gasteiger partial charge in [0.1, 0.15) is 0 Å². The third-order valence-electron chi connectivity index (χ3n) is 13.6. The van der Waals surface area contributed by atoms with E-state index in [9.17, 15) is 0 Å². The Labute approximate surface area is 348 Å². The van der Waals surface area contributed by atoms with Crippen molar-refractivity contribution in [1.82, 2.24) is 0 Å². The van der Waals surface area contributed by atoms with Crippen molar-refractivity contribution in [2.24, 2.45) is 0 Å². The van der Waals surface area contributed by atoms with Gasteiger partial charge in [-0.1, -0.05) is 177 Å². The molecule has 0 radical (unpaired) electrons. The van der Waals surface area contributed by atoms with Gasteiger partial charge in [0.05, 0.1) is 11.1 Å². The summed E-state index contributed by atoms with van der Waals surface area (Å²) in [7, 11) is 0. The van der Waals surface area contributed by atoms with E-state index < -0.39 is 5.41 Å². The molecule has 0 bridgehead atoms. The molecule has 1 aromatic heterocycles. The summed E-state index contributed by atoms with van der Waals surface area (Å²) in [5.74, 6) is 0. The molecule has 0 atom stereocenters. The second-order valence-electron chi connectivity index (χ2n) is 20.1. The SMILES string of the molecule is CC(C)(C)c1ccc(N2c3cc(C(C)(C)C)cc4c3B(c3cc(C(C)(C)C)ccc3C43c4ccccc4-c4ccccc43)c3ccc4sc5ccccc5c4c32)cc1. The van der Waals surface area contributed by atoms with Gasteiger partial charge >= 0.3 is 0 Å². The number of fused-ring (bicyclic) bond motifs is 15. The Bertz CT molecular complexity index is 2970. The fourth-order valence-electron chi connectivity index (χ4n) is 10.7. The van der Waals surface area contributed by atoms with Crippen molar-refractivity contribution in [2.45, 2.75) is 84.0 Å². The van der Waals surface area contributed by atoms with Gasteiger partial charge in [0, 0.05) is 31.5 Å². The van der Waals surface area contributed by atoms with Crippen LogP contribution >= 0.6 is 11.3 Å². The van der Waals surface area contributed by atoms with E-state index in [1.165, 1.54) is 104 Å². The number of benzene rings is 7. The monoisotopic (exact) mass is 767 g/mol. The van der Waals surface area contributed by atoms with Crippen molar-refractivity contribution >= 4 is 71.7 Å². The highest BCUT2D eigenvalue weighted by Gasteiger charge is 2.55. The highest BCUT2D eigenvalue weighted by atomic mass is 32.1. The predicted molar refractivity (Wildman–Crippen MR) is 252 cm³/mol. The van der Waals surface area contributed by atoms with Crippen LogP contribution in [-0.4, -0.2) is 6.71 Å². The van der Waals surface area contributed by atoms with Gasteiger partial charge in [-0.25, -0.2) is 0 Å². The summed E-state index contributed by atoms with van der Waals surface area (Å²) in [4.78, 5) is 2.67. The molecule has 0 N–H and O–H groups in total. The summed E-state index contributed by atoms with van der Waals surface area (Å²) in [5, 5.41) is 2.69. The highest BCUT2D eigenvalue weighted by Crippen LogP contribution is 2.59. The van der Waals surface area contributed by atoms with Crippen LogP contribution in [0.2, 0.25) is 0 Å². The Kier molecular flexibility index (Phi) is 7.31. The molecule has 0 saturated heterocycles. The van der Waals surface area contributed by atoms with Crippen LogP contribution in [0.15, 0.2) is 140 Å². The van der Waals surface area contributed by atoms with Gasteiger partial charge in [0.15, 0.2) is 0 Å². The van der Waals surface area contributed by atoms with Gasteiger partial charge in [-0.15, -0.1) is 11.3 Å². The average molecular weight is 768 g/mol. The largest absolute Gasteiger partial charge is 0.311 e. The fourth-order valence-corrected chi connectivity index (χ4v) is 11.8. The Balaban J connectivity index is 1.36. The Morgan fingerprint density at radius 2 is 1.09 bits per heavy atom. The zero-order chi connectivity index (χ0) is 40.1. The Morgan fingerprint density at radius 1 is 0.483 bits per heavy atom. The van der Waals surface area contributed by atoms with Crippen LogP contribution in [0, 0.1) is 0 Å². The van der Waals surface area contributed by atoms with Gasteiger partial charge < -0.3 is 4.90 Å². The van der Waals surface area contributed by atoms with Gasteiger partial charge in [-0.3, -0.25) is 0 Å². The van der Waals surface area contributed by atoms with Crippen LogP contribution in [0.1, 0.15) is 101 Å². The topological polar surface area (TPSA) is 3.24 Å². The molecule has 7 aromatic carbocycles. The van der Waals surface area contributed by atoms with Crippen molar-refractivity contribution in [3.8, 4) is 11.1 Å². The quantitative estimate of drug-likeness (QED) is 0.150. The predicted octanol–water partition coefficient (Wildman–Crippen LogP) is 12.9. The lowest BCUT2D eigenvalue weighted by molar-refractivity contribution is 0.586. The molecule has 58 heavy (non-hydrogen) atoms. The maximum Gasteiger partial charge on any atom is 0.247 e. The molecular weight excluding hydrogens is 717 g/mol. The second kappa shape index (κ2) is 11.9. The van der Waals surface area contributed by atoms with Crippen molar-refractivity contribution in [3.05, 3.63) is 178 Å². The summed E-state index contributed by atoms with van der Waals surface area (Å²) >= 11 is 1.92. The van der Waals surface area contributed by atoms with E-state index >= 15 is 0 Å². The number of rotatable bonds is 1. The molecule has 1 spiro atoms. The maximum absolute atomic E-state index is 2.67. The fraction of sp³-hybridized carbons (Fsp3) is 0.236. The van der Waals surface area contributed by atoms with Crippen LogP contribution in [0.4, 0.5) is 17.1 Å². The molecule has 3 heterocycles. The lowest BCUT2D eigenvalue weighted by Crippen LogP contribution is -2.65. The molecule has 0 unspecified atom stereocenters. The molecule has 1 nitrogen and oxygen atoms in total. The third-order valence-corrected chi connectivity index (χ3v) is 14.8. The minimum absolute atomic E-state index is 0.0151.